The van der Waals surface area contributed by atoms with E-state index in [4.69, 9.17) is 9.82 Å². The molecule has 2 aliphatic rings. The molecule has 7 nitrogen and oxygen atoms in total. The zero-order valence-electron chi connectivity index (χ0n) is 19.4. The smallest absolute Gasteiger partial charge is 0.265 e. The number of rotatable bonds is 5. The van der Waals surface area contributed by atoms with Crippen LogP contribution in [-0.2, 0) is 16.2 Å². The van der Waals surface area contributed by atoms with E-state index in [9.17, 15) is 18.4 Å². The highest BCUT2D eigenvalue weighted by molar-refractivity contribution is 9.10. The molecule has 188 valence electrons. The van der Waals surface area contributed by atoms with Crippen LogP contribution in [0.1, 0.15) is 53.1 Å². The zero-order valence-corrected chi connectivity index (χ0v) is 21.8. The number of piperidine rings is 1. The van der Waals surface area contributed by atoms with Crippen LogP contribution in [-0.4, -0.2) is 39.2 Å². The van der Waals surface area contributed by atoms with E-state index in [0.717, 1.165) is 23.4 Å². The Balaban J connectivity index is 1.18. The van der Waals surface area contributed by atoms with Gasteiger partial charge in [0.05, 0.1) is 20.7 Å². The Morgan fingerprint density at radius 1 is 1.25 bits per heavy atom. The average Bonchev–Trinajstić information content (AvgIpc) is 3.52. The number of thiazole rings is 1. The number of aromatic nitrogens is 2. The summed E-state index contributed by atoms with van der Waals surface area (Å²) in [6.45, 7) is 3.05. The molecule has 3 aromatic rings. The molecular formula is C25H23BrF2N4O3S. The molecule has 2 aliphatic heterocycles. The number of amides is 1. The first-order valence-electron chi connectivity index (χ1n) is 11.6. The van der Waals surface area contributed by atoms with Gasteiger partial charge in [-0.2, -0.15) is 0 Å². The van der Waals surface area contributed by atoms with Gasteiger partial charge < -0.3 is 14.3 Å². The molecule has 1 fully saturated rings. The minimum Gasteiger partial charge on any atom is -0.387 e. The highest BCUT2D eigenvalue weighted by Crippen LogP contribution is 2.35. The quantitative estimate of drug-likeness (QED) is 0.431. The Bertz CT molecular complexity index is 1380. The lowest BCUT2D eigenvalue weighted by atomic mass is 9.97. The summed E-state index contributed by atoms with van der Waals surface area (Å²) in [5.41, 5.74) is 1.77. The fourth-order valence-electron chi connectivity index (χ4n) is 4.59. The summed E-state index contributed by atoms with van der Waals surface area (Å²) in [7, 11) is 0. The molecule has 36 heavy (non-hydrogen) atoms. The van der Waals surface area contributed by atoms with E-state index >= 15 is 0 Å². The first-order chi connectivity index (χ1) is 17.3. The van der Waals surface area contributed by atoms with Crippen LogP contribution in [0.5, 0.6) is 0 Å². The van der Waals surface area contributed by atoms with E-state index in [1.165, 1.54) is 34.1 Å². The Labute approximate surface area is 218 Å². The highest BCUT2D eigenvalue weighted by Gasteiger charge is 2.31. The molecule has 0 spiro atoms. The maximum atomic E-state index is 14.1. The number of likely N-dealkylation sites (tertiary alicyclic amines) is 1. The monoisotopic (exact) mass is 576 g/mol. The fourth-order valence-corrected chi connectivity index (χ4v) is 6.18. The molecule has 0 N–H and O–H groups in total. The highest BCUT2D eigenvalue weighted by atomic mass is 79.9. The van der Waals surface area contributed by atoms with E-state index < -0.39 is 17.7 Å². The van der Waals surface area contributed by atoms with Crippen molar-refractivity contribution >= 4 is 38.9 Å². The number of halogens is 3. The summed E-state index contributed by atoms with van der Waals surface area (Å²) >= 11 is 4.76. The molecular weight excluding hydrogens is 554 g/mol. The Hall–Kier alpha value is -2.92. The second-order valence-electron chi connectivity index (χ2n) is 9.00. The van der Waals surface area contributed by atoms with Crippen molar-refractivity contribution < 1.29 is 18.4 Å². The number of carbonyl (C=O) groups excluding carboxylic acids is 1. The zero-order chi connectivity index (χ0) is 25.4. The number of nitrogens with zero attached hydrogens (tertiary/aromatic N) is 4. The third-order valence-electron chi connectivity index (χ3n) is 6.49. The lowest BCUT2D eigenvalue weighted by molar-refractivity contribution is -0.132. The van der Waals surface area contributed by atoms with Gasteiger partial charge in [-0.05, 0) is 59.5 Å². The standard InChI is InChI=1S/C25H23BrF2N4O3S/c1-14-9-16(26)25(34)32(11-14)12-22(33)31-7-5-15(6-8-31)24-29-20(13-36-24)19-10-21(35-30-19)23-17(27)3-2-4-18(23)28/h2-4,9,11,13,15,21H,5-8,10,12H2,1H3. The average molecular weight is 577 g/mol. The second kappa shape index (κ2) is 10.2. The summed E-state index contributed by atoms with van der Waals surface area (Å²) in [5.74, 6) is -1.20. The maximum Gasteiger partial charge on any atom is 0.265 e. The van der Waals surface area contributed by atoms with Gasteiger partial charge in [0.2, 0.25) is 5.91 Å². The van der Waals surface area contributed by atoms with Gasteiger partial charge in [0.25, 0.3) is 5.56 Å². The van der Waals surface area contributed by atoms with Crippen LogP contribution in [0, 0.1) is 18.6 Å². The molecule has 2 aromatic heterocycles. The number of oxime groups is 1. The van der Waals surface area contributed by atoms with Gasteiger partial charge in [-0.3, -0.25) is 9.59 Å². The fraction of sp³-hybridized carbons (Fsp3) is 0.360. The SMILES string of the molecule is Cc1cc(Br)c(=O)n(CC(=O)N2CCC(c3nc(C4=NOC(c5c(F)cccc5F)C4)cs3)CC2)c1. The van der Waals surface area contributed by atoms with E-state index in [1.54, 1.807) is 17.2 Å². The number of benzene rings is 1. The van der Waals surface area contributed by atoms with Gasteiger partial charge in [0.1, 0.15) is 23.9 Å². The molecule has 1 aromatic carbocycles. The van der Waals surface area contributed by atoms with Crippen molar-refractivity contribution in [1.29, 1.82) is 0 Å². The minimum absolute atomic E-state index is 0.00870. The van der Waals surface area contributed by atoms with Crippen molar-refractivity contribution in [2.75, 3.05) is 13.1 Å². The van der Waals surface area contributed by atoms with Crippen LogP contribution in [0.15, 0.2) is 50.3 Å². The number of aryl methyl sites for hydroxylation is 1. The van der Waals surface area contributed by atoms with Crippen LogP contribution < -0.4 is 5.56 Å². The normalized spacial score (nSPS) is 18.3. The molecule has 1 amide bonds. The summed E-state index contributed by atoms with van der Waals surface area (Å²) < 4.78 is 30.1. The van der Waals surface area contributed by atoms with Crippen molar-refractivity contribution in [2.45, 2.75) is 44.8 Å². The molecule has 5 rings (SSSR count). The topological polar surface area (TPSA) is 76.8 Å². The van der Waals surface area contributed by atoms with Gasteiger partial charge in [-0.1, -0.05) is 11.2 Å². The van der Waals surface area contributed by atoms with Crippen molar-refractivity contribution in [1.82, 2.24) is 14.5 Å². The third-order valence-corrected chi connectivity index (χ3v) is 8.07. The van der Waals surface area contributed by atoms with Crippen molar-refractivity contribution in [3.63, 3.8) is 0 Å². The van der Waals surface area contributed by atoms with Gasteiger partial charge in [-0.15, -0.1) is 11.3 Å². The summed E-state index contributed by atoms with van der Waals surface area (Å²) in [5, 5.41) is 6.87. The van der Waals surface area contributed by atoms with Gasteiger partial charge in [0, 0.05) is 37.0 Å². The molecule has 1 atom stereocenters. The van der Waals surface area contributed by atoms with Gasteiger partial charge >= 0.3 is 0 Å². The minimum atomic E-state index is -0.817. The third kappa shape index (κ3) is 4.99. The van der Waals surface area contributed by atoms with Gasteiger partial charge in [0.15, 0.2) is 6.10 Å². The Kier molecular flexibility index (Phi) is 7.03. The van der Waals surface area contributed by atoms with E-state index in [-0.39, 0.29) is 35.9 Å². The maximum absolute atomic E-state index is 14.1. The molecule has 4 heterocycles. The Morgan fingerprint density at radius 2 is 1.97 bits per heavy atom. The summed E-state index contributed by atoms with van der Waals surface area (Å²) in [4.78, 5) is 37.0. The number of hydrogen-bond acceptors (Lipinski definition) is 6. The number of carbonyl (C=O) groups is 1. The first kappa shape index (κ1) is 24.8. The van der Waals surface area contributed by atoms with Gasteiger partial charge in [-0.25, -0.2) is 13.8 Å². The summed E-state index contributed by atoms with van der Waals surface area (Å²) in [6.07, 6.45) is 2.63. The molecule has 0 saturated carbocycles. The Morgan fingerprint density at radius 3 is 2.69 bits per heavy atom. The van der Waals surface area contributed by atoms with Crippen LogP contribution in [0.25, 0.3) is 0 Å². The van der Waals surface area contributed by atoms with Crippen LogP contribution in [0.2, 0.25) is 0 Å². The summed E-state index contributed by atoms with van der Waals surface area (Å²) in [6, 6.07) is 5.46. The van der Waals surface area contributed by atoms with Crippen LogP contribution in [0.3, 0.4) is 0 Å². The largest absolute Gasteiger partial charge is 0.387 e. The molecule has 1 saturated heterocycles. The second-order valence-corrected chi connectivity index (χ2v) is 10.7. The molecule has 0 bridgehead atoms. The number of pyridine rings is 1. The van der Waals surface area contributed by atoms with Crippen molar-refractivity contribution in [3.8, 4) is 0 Å². The van der Waals surface area contributed by atoms with Crippen molar-refractivity contribution in [2.24, 2.45) is 5.16 Å². The lowest BCUT2D eigenvalue weighted by Crippen LogP contribution is -2.41. The van der Waals surface area contributed by atoms with E-state index in [0.29, 0.717) is 29.0 Å². The lowest BCUT2D eigenvalue weighted by Gasteiger charge is -2.31. The van der Waals surface area contributed by atoms with Crippen LogP contribution in [0.4, 0.5) is 8.78 Å². The molecule has 0 aliphatic carbocycles. The predicted octanol–water partition coefficient (Wildman–Crippen LogP) is 4.93. The van der Waals surface area contributed by atoms with E-state index in [2.05, 4.69) is 21.1 Å². The van der Waals surface area contributed by atoms with E-state index in [1.807, 2.05) is 12.3 Å². The van der Waals surface area contributed by atoms with Crippen LogP contribution >= 0.6 is 27.3 Å². The van der Waals surface area contributed by atoms with Crippen molar-refractivity contribution in [3.05, 3.63) is 84.1 Å². The number of hydrogen-bond donors (Lipinski definition) is 0. The molecule has 1 unspecified atom stereocenters. The molecule has 11 heteroatoms. The predicted molar refractivity (Wildman–Crippen MR) is 135 cm³/mol. The molecule has 0 radical (unpaired) electrons. The first-order valence-corrected chi connectivity index (χ1v) is 13.2.